The van der Waals surface area contributed by atoms with Crippen LogP contribution >= 0.6 is 0 Å². The number of halogens is 1. The number of nitrogen functional groups attached to an aromatic ring is 1. The second-order valence-corrected chi connectivity index (χ2v) is 7.12. The van der Waals surface area contributed by atoms with Gasteiger partial charge in [0.2, 0.25) is 5.91 Å². The second kappa shape index (κ2) is 7.54. The largest absolute Gasteiger partial charge is 0.396 e. The van der Waals surface area contributed by atoms with Crippen LogP contribution in [0.4, 0.5) is 15.8 Å². The fraction of sp³-hybridized carbons (Fsp3) is 0.533. The van der Waals surface area contributed by atoms with Crippen LogP contribution in [0.15, 0.2) is 18.2 Å². The Labute approximate surface area is 126 Å². The molecule has 1 unspecified atom stereocenters. The van der Waals surface area contributed by atoms with Gasteiger partial charge in [-0.05, 0) is 37.0 Å². The molecular formula is C15H21FN2O2S. The Morgan fingerprint density at radius 3 is 2.76 bits per heavy atom. The van der Waals surface area contributed by atoms with Crippen molar-refractivity contribution in [2.24, 2.45) is 5.92 Å². The molecule has 1 fully saturated rings. The molecule has 1 aliphatic rings. The average Bonchev–Trinajstić information content (AvgIpc) is 2.93. The molecule has 0 aliphatic heterocycles. The standard InChI is InChI=1S/C15H21FN2O2S/c16-13-6-5-12(9-14(13)17)18-15(19)7-8-21(20)10-11-3-1-2-4-11/h5-6,9,11H,1-4,7-8,10,17H2,(H,18,19). The summed E-state index contributed by atoms with van der Waals surface area (Å²) in [6.07, 6.45) is 4.99. The summed E-state index contributed by atoms with van der Waals surface area (Å²) in [7, 11) is -0.942. The van der Waals surface area contributed by atoms with Gasteiger partial charge in [-0.2, -0.15) is 0 Å². The molecule has 4 nitrogen and oxygen atoms in total. The van der Waals surface area contributed by atoms with E-state index in [1.54, 1.807) is 0 Å². The van der Waals surface area contributed by atoms with Crippen molar-refractivity contribution in [3.63, 3.8) is 0 Å². The summed E-state index contributed by atoms with van der Waals surface area (Å²) in [5.41, 5.74) is 5.89. The van der Waals surface area contributed by atoms with Crippen LogP contribution in [0.3, 0.4) is 0 Å². The Balaban J connectivity index is 1.73. The van der Waals surface area contributed by atoms with E-state index in [2.05, 4.69) is 5.32 Å². The molecule has 3 N–H and O–H groups in total. The van der Waals surface area contributed by atoms with Gasteiger partial charge < -0.3 is 11.1 Å². The van der Waals surface area contributed by atoms with Gasteiger partial charge in [0.1, 0.15) is 5.82 Å². The zero-order valence-corrected chi connectivity index (χ0v) is 12.8. The van der Waals surface area contributed by atoms with Crippen molar-refractivity contribution in [2.45, 2.75) is 32.1 Å². The van der Waals surface area contributed by atoms with Crippen molar-refractivity contribution in [2.75, 3.05) is 22.6 Å². The monoisotopic (exact) mass is 312 g/mol. The van der Waals surface area contributed by atoms with Crippen molar-refractivity contribution < 1.29 is 13.4 Å². The normalized spacial score (nSPS) is 16.8. The first-order valence-corrected chi connectivity index (χ1v) is 8.73. The lowest BCUT2D eigenvalue weighted by atomic mass is 10.1. The minimum absolute atomic E-state index is 0.00221. The highest BCUT2D eigenvalue weighted by Crippen LogP contribution is 2.25. The van der Waals surface area contributed by atoms with Crippen LogP contribution in [0.1, 0.15) is 32.1 Å². The van der Waals surface area contributed by atoms with Crippen LogP contribution in [0.2, 0.25) is 0 Å². The van der Waals surface area contributed by atoms with Crippen LogP contribution in [-0.2, 0) is 15.6 Å². The quantitative estimate of drug-likeness (QED) is 0.793. The second-order valence-electron chi connectivity index (χ2n) is 5.50. The number of hydrogen-bond acceptors (Lipinski definition) is 3. The third kappa shape index (κ3) is 5.12. The van der Waals surface area contributed by atoms with E-state index >= 15 is 0 Å². The van der Waals surface area contributed by atoms with Crippen molar-refractivity contribution >= 4 is 28.1 Å². The lowest BCUT2D eigenvalue weighted by Crippen LogP contribution is -2.17. The van der Waals surface area contributed by atoms with Gasteiger partial charge in [0.15, 0.2) is 0 Å². The van der Waals surface area contributed by atoms with Crippen molar-refractivity contribution in [1.82, 2.24) is 0 Å². The molecule has 1 aliphatic carbocycles. The summed E-state index contributed by atoms with van der Waals surface area (Å²) >= 11 is 0. The third-order valence-corrected chi connectivity index (χ3v) is 5.24. The summed E-state index contributed by atoms with van der Waals surface area (Å²) in [5, 5.41) is 2.64. The molecule has 116 valence electrons. The molecule has 0 spiro atoms. The molecular weight excluding hydrogens is 291 g/mol. The van der Waals surface area contributed by atoms with Gasteiger partial charge in [-0.25, -0.2) is 4.39 Å². The van der Waals surface area contributed by atoms with Gasteiger partial charge in [-0.3, -0.25) is 9.00 Å². The third-order valence-electron chi connectivity index (χ3n) is 3.73. The van der Waals surface area contributed by atoms with Gasteiger partial charge >= 0.3 is 0 Å². The van der Waals surface area contributed by atoms with Crippen LogP contribution in [0, 0.1) is 11.7 Å². The lowest BCUT2D eigenvalue weighted by molar-refractivity contribution is -0.115. The molecule has 1 amide bonds. The molecule has 0 heterocycles. The van der Waals surface area contributed by atoms with Crippen LogP contribution < -0.4 is 11.1 Å². The summed E-state index contributed by atoms with van der Waals surface area (Å²) in [6, 6.07) is 4.05. The number of nitrogens with two attached hydrogens (primary N) is 1. The molecule has 0 saturated heterocycles. The van der Waals surface area contributed by atoms with Gasteiger partial charge in [0.05, 0.1) is 5.69 Å². The lowest BCUT2D eigenvalue weighted by Gasteiger charge is -2.09. The van der Waals surface area contributed by atoms with Crippen molar-refractivity contribution in [3.05, 3.63) is 24.0 Å². The number of anilines is 2. The predicted octanol–water partition coefficient (Wildman–Crippen LogP) is 2.68. The molecule has 0 aromatic heterocycles. The van der Waals surface area contributed by atoms with E-state index in [-0.39, 0.29) is 18.0 Å². The molecule has 6 heteroatoms. The zero-order valence-electron chi connectivity index (χ0n) is 11.9. The molecule has 2 rings (SSSR count). The highest BCUT2D eigenvalue weighted by Gasteiger charge is 2.18. The SMILES string of the molecule is Nc1cc(NC(=O)CCS(=O)CC2CCCC2)ccc1F. The van der Waals surface area contributed by atoms with E-state index in [0.717, 1.165) is 12.8 Å². The van der Waals surface area contributed by atoms with Gasteiger partial charge in [0.25, 0.3) is 0 Å². The zero-order chi connectivity index (χ0) is 15.2. The highest BCUT2D eigenvalue weighted by molar-refractivity contribution is 7.85. The van der Waals surface area contributed by atoms with E-state index in [4.69, 9.17) is 5.73 Å². The number of hydrogen-bond donors (Lipinski definition) is 2. The number of amides is 1. The molecule has 0 radical (unpaired) electrons. The topological polar surface area (TPSA) is 72.2 Å². The highest BCUT2D eigenvalue weighted by atomic mass is 32.2. The number of rotatable bonds is 6. The maximum absolute atomic E-state index is 13.0. The smallest absolute Gasteiger partial charge is 0.225 e. The van der Waals surface area contributed by atoms with E-state index < -0.39 is 16.6 Å². The number of carbonyl (C=O) groups excluding carboxylic acids is 1. The predicted molar refractivity (Wildman–Crippen MR) is 83.9 cm³/mol. The maximum atomic E-state index is 13.0. The van der Waals surface area contributed by atoms with Gasteiger partial charge in [0, 0.05) is 34.4 Å². The number of carbonyl (C=O) groups is 1. The van der Waals surface area contributed by atoms with E-state index in [1.807, 2.05) is 0 Å². The fourth-order valence-electron chi connectivity index (χ4n) is 2.57. The summed E-state index contributed by atoms with van der Waals surface area (Å²) in [4.78, 5) is 11.8. The first-order chi connectivity index (χ1) is 10.0. The van der Waals surface area contributed by atoms with E-state index in [0.29, 0.717) is 23.1 Å². The maximum Gasteiger partial charge on any atom is 0.225 e. The molecule has 1 saturated carbocycles. The summed E-state index contributed by atoms with van der Waals surface area (Å²) in [6.45, 7) is 0. The Bertz CT molecular complexity index is 530. The number of nitrogens with one attached hydrogen (secondary N) is 1. The summed E-state index contributed by atoms with van der Waals surface area (Å²) in [5.74, 6) is 0.910. The van der Waals surface area contributed by atoms with E-state index in [9.17, 15) is 13.4 Å². The Hall–Kier alpha value is -1.43. The molecule has 21 heavy (non-hydrogen) atoms. The molecule has 1 aromatic rings. The minimum atomic E-state index is -0.942. The van der Waals surface area contributed by atoms with Crippen molar-refractivity contribution in [1.29, 1.82) is 0 Å². The van der Waals surface area contributed by atoms with E-state index in [1.165, 1.54) is 31.0 Å². The Kier molecular flexibility index (Phi) is 5.73. The van der Waals surface area contributed by atoms with Crippen LogP contribution in [-0.4, -0.2) is 21.6 Å². The van der Waals surface area contributed by atoms with Crippen LogP contribution in [0.25, 0.3) is 0 Å². The molecule has 1 aromatic carbocycles. The minimum Gasteiger partial charge on any atom is -0.396 e. The van der Waals surface area contributed by atoms with Gasteiger partial charge in [-0.15, -0.1) is 0 Å². The van der Waals surface area contributed by atoms with Crippen molar-refractivity contribution in [3.8, 4) is 0 Å². The fourth-order valence-corrected chi connectivity index (χ4v) is 4.01. The number of benzene rings is 1. The first-order valence-electron chi connectivity index (χ1n) is 7.24. The Morgan fingerprint density at radius 2 is 2.10 bits per heavy atom. The molecule has 0 bridgehead atoms. The van der Waals surface area contributed by atoms with Gasteiger partial charge in [-0.1, -0.05) is 12.8 Å². The van der Waals surface area contributed by atoms with Crippen LogP contribution in [0.5, 0.6) is 0 Å². The Morgan fingerprint density at radius 1 is 1.38 bits per heavy atom. The molecule has 1 atom stereocenters. The first kappa shape index (κ1) is 15.9. The summed E-state index contributed by atoms with van der Waals surface area (Å²) < 4.78 is 24.9. The average molecular weight is 312 g/mol.